The maximum Gasteiger partial charge on any atom is 0.281 e. The average molecular weight is 256 g/mol. The van der Waals surface area contributed by atoms with Gasteiger partial charge in [-0.1, -0.05) is 11.6 Å². The molecule has 3 nitrogen and oxygen atoms in total. The van der Waals surface area contributed by atoms with Crippen LogP contribution in [0.15, 0.2) is 6.07 Å². The van der Waals surface area contributed by atoms with Crippen molar-refractivity contribution in [3.8, 4) is 5.75 Å². The number of alkyl halides is 2. The zero-order valence-corrected chi connectivity index (χ0v) is 8.94. The highest BCUT2D eigenvalue weighted by Crippen LogP contribution is 2.31. The van der Waals surface area contributed by atoms with E-state index in [0.29, 0.717) is 0 Å². The van der Waals surface area contributed by atoms with Crippen molar-refractivity contribution in [1.82, 2.24) is 4.98 Å². The van der Waals surface area contributed by atoms with E-state index in [1.807, 2.05) is 0 Å². The smallest absolute Gasteiger partial charge is 0.281 e. The molecule has 0 bridgehead atoms. The Balaban J connectivity index is 3.47. The van der Waals surface area contributed by atoms with Crippen LogP contribution in [0.4, 0.5) is 8.78 Å². The minimum atomic E-state index is -2.95. The number of hydrogen-bond acceptors (Lipinski definition) is 3. The van der Waals surface area contributed by atoms with Crippen LogP contribution in [0.5, 0.6) is 5.75 Å². The zero-order chi connectivity index (χ0) is 11.6. The van der Waals surface area contributed by atoms with E-state index >= 15 is 0 Å². The van der Waals surface area contributed by atoms with Crippen LogP contribution in [-0.2, 0) is 0 Å². The molecule has 0 amide bonds. The first-order valence-corrected chi connectivity index (χ1v) is 4.45. The van der Waals surface area contributed by atoms with Gasteiger partial charge in [-0.15, -0.1) is 0 Å². The van der Waals surface area contributed by atoms with Gasteiger partial charge in [-0.25, -0.2) is 13.8 Å². The number of carbonyl (C=O) groups is 1. The standard InChI is InChI=1S/C8H5Cl2F2NO2/c1-15-3-2-4(9)13-6(8(11)12)5(3)7(10)14/h2,8H,1H3. The van der Waals surface area contributed by atoms with Crippen LogP contribution < -0.4 is 4.74 Å². The van der Waals surface area contributed by atoms with Crippen molar-refractivity contribution in [2.75, 3.05) is 7.11 Å². The monoisotopic (exact) mass is 255 g/mol. The van der Waals surface area contributed by atoms with Crippen LogP contribution in [0.2, 0.25) is 5.15 Å². The highest BCUT2D eigenvalue weighted by atomic mass is 35.5. The van der Waals surface area contributed by atoms with E-state index in [1.165, 1.54) is 7.11 Å². The first-order valence-electron chi connectivity index (χ1n) is 3.69. The Kier molecular flexibility index (Phi) is 3.82. The molecule has 82 valence electrons. The minimum Gasteiger partial charge on any atom is -0.496 e. The molecule has 0 spiro atoms. The van der Waals surface area contributed by atoms with Gasteiger partial charge in [-0.3, -0.25) is 4.79 Å². The lowest BCUT2D eigenvalue weighted by molar-refractivity contribution is 0.105. The van der Waals surface area contributed by atoms with E-state index in [1.54, 1.807) is 0 Å². The average Bonchev–Trinajstić information content (AvgIpc) is 2.15. The van der Waals surface area contributed by atoms with Gasteiger partial charge in [0.25, 0.3) is 11.7 Å². The quantitative estimate of drug-likeness (QED) is 0.616. The number of carbonyl (C=O) groups excluding carboxylic acids is 1. The molecule has 15 heavy (non-hydrogen) atoms. The van der Waals surface area contributed by atoms with Gasteiger partial charge in [0.2, 0.25) is 0 Å². The number of ether oxygens (including phenoxy) is 1. The van der Waals surface area contributed by atoms with E-state index in [4.69, 9.17) is 27.9 Å². The summed E-state index contributed by atoms with van der Waals surface area (Å²) in [6.07, 6.45) is -2.95. The third-order valence-corrected chi connectivity index (χ3v) is 1.99. The molecule has 1 aromatic rings. The van der Waals surface area contributed by atoms with Crippen LogP contribution in [0, 0.1) is 0 Å². The fraction of sp³-hybridized carbons (Fsp3) is 0.250. The summed E-state index contributed by atoms with van der Waals surface area (Å²) >= 11 is 10.6. The summed E-state index contributed by atoms with van der Waals surface area (Å²) in [5.74, 6) is -0.120. The van der Waals surface area contributed by atoms with Crippen LogP contribution in [0.1, 0.15) is 22.5 Å². The van der Waals surface area contributed by atoms with Crippen molar-refractivity contribution in [2.24, 2.45) is 0 Å². The van der Waals surface area contributed by atoms with Crippen molar-refractivity contribution < 1.29 is 18.3 Å². The molecule has 0 saturated carbocycles. The number of halogens is 4. The fourth-order valence-electron chi connectivity index (χ4n) is 1.03. The van der Waals surface area contributed by atoms with Crippen molar-refractivity contribution in [1.29, 1.82) is 0 Å². The van der Waals surface area contributed by atoms with E-state index in [-0.39, 0.29) is 10.9 Å². The predicted molar refractivity (Wildman–Crippen MR) is 50.9 cm³/mol. The summed E-state index contributed by atoms with van der Waals surface area (Å²) in [6.45, 7) is 0. The Morgan fingerprint density at radius 1 is 1.60 bits per heavy atom. The molecular formula is C8H5Cl2F2NO2. The van der Waals surface area contributed by atoms with Crippen molar-refractivity contribution >= 4 is 28.4 Å². The van der Waals surface area contributed by atoms with Crippen molar-refractivity contribution in [2.45, 2.75) is 6.43 Å². The Morgan fingerprint density at radius 3 is 2.60 bits per heavy atom. The molecule has 0 aliphatic carbocycles. The second-order valence-electron chi connectivity index (χ2n) is 2.48. The van der Waals surface area contributed by atoms with Gasteiger partial charge in [0.15, 0.2) is 0 Å². The molecule has 0 N–H and O–H groups in total. The molecule has 0 unspecified atom stereocenters. The zero-order valence-electron chi connectivity index (χ0n) is 7.43. The number of aromatic nitrogens is 1. The largest absolute Gasteiger partial charge is 0.496 e. The summed E-state index contributed by atoms with van der Waals surface area (Å²) in [4.78, 5) is 14.3. The maximum absolute atomic E-state index is 12.5. The third-order valence-electron chi connectivity index (χ3n) is 1.60. The lowest BCUT2D eigenvalue weighted by atomic mass is 10.2. The molecule has 0 fully saturated rings. The normalized spacial score (nSPS) is 10.5. The number of hydrogen-bond donors (Lipinski definition) is 0. The van der Waals surface area contributed by atoms with Gasteiger partial charge in [0.05, 0.1) is 7.11 Å². The lowest BCUT2D eigenvalue weighted by Gasteiger charge is -2.09. The van der Waals surface area contributed by atoms with Gasteiger partial charge in [0.1, 0.15) is 22.2 Å². The second kappa shape index (κ2) is 4.72. The van der Waals surface area contributed by atoms with E-state index in [2.05, 4.69) is 4.98 Å². The first-order chi connectivity index (χ1) is 6.97. The topological polar surface area (TPSA) is 39.2 Å². The molecule has 0 aliphatic heterocycles. The summed E-state index contributed by atoms with van der Waals surface area (Å²) in [5.41, 5.74) is -1.24. The maximum atomic E-state index is 12.5. The van der Waals surface area contributed by atoms with Gasteiger partial charge in [0, 0.05) is 6.07 Å². The molecule has 0 saturated heterocycles. The first kappa shape index (κ1) is 12.1. The van der Waals surface area contributed by atoms with Crippen LogP contribution in [-0.4, -0.2) is 17.3 Å². The fourth-order valence-corrected chi connectivity index (χ4v) is 1.41. The summed E-state index contributed by atoms with van der Waals surface area (Å²) < 4.78 is 29.7. The number of pyridine rings is 1. The second-order valence-corrected chi connectivity index (χ2v) is 3.21. The van der Waals surface area contributed by atoms with Crippen molar-refractivity contribution in [3.05, 3.63) is 22.5 Å². The molecule has 0 radical (unpaired) electrons. The molecule has 1 rings (SSSR count). The van der Waals surface area contributed by atoms with Crippen LogP contribution in [0.25, 0.3) is 0 Å². The summed E-state index contributed by atoms with van der Waals surface area (Å²) in [7, 11) is 1.21. The molecule has 1 aromatic heterocycles. The van der Waals surface area contributed by atoms with E-state index in [0.717, 1.165) is 6.07 Å². The number of methoxy groups -OCH3 is 1. The Hall–Kier alpha value is -0.940. The van der Waals surface area contributed by atoms with Crippen LogP contribution >= 0.6 is 23.2 Å². The molecular weight excluding hydrogens is 251 g/mol. The molecule has 0 atom stereocenters. The highest BCUT2D eigenvalue weighted by molar-refractivity contribution is 6.68. The minimum absolute atomic E-state index is 0.120. The van der Waals surface area contributed by atoms with E-state index in [9.17, 15) is 13.6 Å². The molecule has 7 heteroatoms. The van der Waals surface area contributed by atoms with E-state index < -0.39 is 22.9 Å². The third kappa shape index (κ3) is 2.54. The Morgan fingerprint density at radius 2 is 2.20 bits per heavy atom. The SMILES string of the molecule is COc1cc(Cl)nc(C(F)F)c1C(=O)Cl. The summed E-state index contributed by atoms with van der Waals surface area (Å²) in [5, 5.41) is -1.25. The highest BCUT2D eigenvalue weighted by Gasteiger charge is 2.24. The van der Waals surface area contributed by atoms with Crippen LogP contribution in [0.3, 0.4) is 0 Å². The molecule has 1 heterocycles. The van der Waals surface area contributed by atoms with Crippen molar-refractivity contribution in [3.63, 3.8) is 0 Å². The van der Waals surface area contributed by atoms with Gasteiger partial charge < -0.3 is 4.74 Å². The van der Waals surface area contributed by atoms with Gasteiger partial charge in [-0.05, 0) is 11.6 Å². The van der Waals surface area contributed by atoms with Gasteiger partial charge >= 0.3 is 0 Å². The predicted octanol–water partition coefficient (Wildman–Crippen LogP) is 3.06. The lowest BCUT2D eigenvalue weighted by Crippen LogP contribution is -2.05. The molecule has 0 aliphatic rings. The number of nitrogens with zero attached hydrogens (tertiary/aromatic N) is 1. The van der Waals surface area contributed by atoms with Gasteiger partial charge in [-0.2, -0.15) is 0 Å². The Bertz CT molecular complexity index is 398. The summed E-state index contributed by atoms with van der Waals surface area (Å²) in [6, 6.07) is 1.14. The Labute approximate surface area is 94.0 Å². The molecule has 0 aromatic carbocycles. The number of rotatable bonds is 3.